The predicted octanol–water partition coefficient (Wildman–Crippen LogP) is 18.1. The molecular formula is C58H88O4. The van der Waals surface area contributed by atoms with Gasteiger partial charge in [0.15, 0.2) is 11.5 Å². The lowest BCUT2D eigenvalue weighted by molar-refractivity contribution is 0.0696. The highest BCUT2D eigenvalue weighted by molar-refractivity contribution is 5.89. The van der Waals surface area contributed by atoms with Crippen LogP contribution < -0.4 is 4.74 Å². The van der Waals surface area contributed by atoms with Crippen LogP contribution >= 0.6 is 0 Å². The monoisotopic (exact) mass is 849 g/mol. The molecule has 344 valence electrons. The van der Waals surface area contributed by atoms with Crippen molar-refractivity contribution in [2.75, 3.05) is 7.11 Å². The molecule has 0 fully saturated rings. The summed E-state index contributed by atoms with van der Waals surface area (Å²) in [6.45, 7) is 24.6. The number of phenolic OH excluding ortho intramolecular Hbond substituents is 1. The molecule has 4 nitrogen and oxygen atoms in total. The number of benzene rings is 1. The average Bonchev–Trinajstić information content (AvgIpc) is 3.20. The van der Waals surface area contributed by atoms with Crippen LogP contribution in [0.25, 0.3) is 0 Å². The van der Waals surface area contributed by atoms with Gasteiger partial charge in [-0.1, -0.05) is 116 Å². The first-order chi connectivity index (χ1) is 29.5. The van der Waals surface area contributed by atoms with Crippen LogP contribution in [0.3, 0.4) is 0 Å². The molecular weight excluding hydrogens is 761 g/mol. The SMILES string of the molecule is COc1cc(C(=O)O)cc(C/C=C(\C)CC/C=C(\C)CC/C=C(\C)CC/C=C(\C)CC/C=C(\C)CC/C=C(\C)CC/C=C(\C)CC/C=C(\C)CC/C=C(\C)CCC=C(C)C)c1O. The number of aromatic hydroxyl groups is 1. The lowest BCUT2D eigenvalue weighted by Crippen LogP contribution is -2.00. The lowest BCUT2D eigenvalue weighted by atomic mass is 10.0. The van der Waals surface area contributed by atoms with E-state index >= 15 is 0 Å². The fourth-order valence-electron chi connectivity index (χ4n) is 7.26. The van der Waals surface area contributed by atoms with Crippen molar-refractivity contribution in [1.82, 2.24) is 0 Å². The van der Waals surface area contributed by atoms with Gasteiger partial charge in [0.1, 0.15) is 0 Å². The van der Waals surface area contributed by atoms with Gasteiger partial charge < -0.3 is 14.9 Å². The van der Waals surface area contributed by atoms with E-state index in [0.29, 0.717) is 12.0 Å². The average molecular weight is 849 g/mol. The van der Waals surface area contributed by atoms with E-state index in [1.807, 2.05) is 0 Å². The molecule has 0 saturated carbocycles. The number of carboxylic acid groups (broad SMARTS) is 1. The van der Waals surface area contributed by atoms with Crippen LogP contribution in [0.4, 0.5) is 0 Å². The molecule has 0 aliphatic carbocycles. The third-order valence-corrected chi connectivity index (χ3v) is 11.6. The maximum Gasteiger partial charge on any atom is 0.335 e. The zero-order valence-electron chi connectivity index (χ0n) is 41.6. The molecule has 1 rings (SSSR count). The largest absolute Gasteiger partial charge is 0.504 e. The summed E-state index contributed by atoms with van der Waals surface area (Å²) < 4.78 is 5.16. The summed E-state index contributed by atoms with van der Waals surface area (Å²) >= 11 is 0. The quantitative estimate of drug-likeness (QED) is 0.0731. The maximum absolute atomic E-state index is 11.5. The first-order valence-electron chi connectivity index (χ1n) is 23.7. The van der Waals surface area contributed by atoms with Crippen molar-refractivity contribution in [2.24, 2.45) is 0 Å². The molecule has 0 bridgehead atoms. The van der Waals surface area contributed by atoms with E-state index in [2.05, 4.69) is 137 Å². The summed E-state index contributed by atoms with van der Waals surface area (Å²) in [7, 11) is 1.43. The number of phenols is 1. The normalized spacial score (nSPS) is 14.2. The Balaban J connectivity index is 2.30. The van der Waals surface area contributed by atoms with Crippen molar-refractivity contribution in [3.63, 3.8) is 0 Å². The molecule has 0 radical (unpaired) electrons. The molecule has 2 N–H and O–H groups in total. The minimum atomic E-state index is -1.04. The van der Waals surface area contributed by atoms with E-state index in [0.717, 1.165) is 96.3 Å². The van der Waals surface area contributed by atoms with E-state index in [1.165, 1.54) is 94.2 Å². The van der Waals surface area contributed by atoms with Crippen molar-refractivity contribution in [2.45, 2.75) is 198 Å². The first kappa shape index (κ1) is 55.7. The third kappa shape index (κ3) is 28.3. The summed E-state index contributed by atoms with van der Waals surface area (Å²) in [5, 5.41) is 19.8. The van der Waals surface area contributed by atoms with E-state index < -0.39 is 5.97 Å². The van der Waals surface area contributed by atoms with Crippen molar-refractivity contribution in [3.05, 3.63) is 140 Å². The molecule has 0 aliphatic heterocycles. The summed E-state index contributed by atoms with van der Waals surface area (Å²) in [5.41, 5.74) is 15.2. The minimum absolute atomic E-state index is 0.000305. The highest BCUT2D eigenvalue weighted by Gasteiger charge is 2.13. The molecule has 0 unspecified atom stereocenters. The van der Waals surface area contributed by atoms with Gasteiger partial charge in [-0.15, -0.1) is 0 Å². The molecule has 0 spiro atoms. The number of hydrogen-bond donors (Lipinski definition) is 2. The number of allylic oxidation sites excluding steroid dienone is 20. The minimum Gasteiger partial charge on any atom is -0.504 e. The maximum atomic E-state index is 11.5. The number of rotatable bonds is 31. The van der Waals surface area contributed by atoms with Gasteiger partial charge in [0.05, 0.1) is 12.7 Å². The van der Waals surface area contributed by atoms with E-state index in [9.17, 15) is 15.0 Å². The Hall–Kier alpha value is -4.31. The summed E-state index contributed by atoms with van der Waals surface area (Å²) in [6, 6.07) is 2.86. The van der Waals surface area contributed by atoms with Crippen LogP contribution in [-0.2, 0) is 6.42 Å². The zero-order chi connectivity index (χ0) is 46.3. The molecule has 0 aliphatic rings. The Labute approximate surface area is 380 Å². The third-order valence-electron chi connectivity index (χ3n) is 11.6. The molecule has 1 aromatic rings. The number of hydrogen-bond acceptors (Lipinski definition) is 3. The summed E-state index contributed by atoms with van der Waals surface area (Å²) in [6.07, 6.45) is 44.3. The van der Waals surface area contributed by atoms with Gasteiger partial charge in [0.25, 0.3) is 0 Å². The molecule has 0 aromatic heterocycles. The van der Waals surface area contributed by atoms with Crippen molar-refractivity contribution in [3.8, 4) is 11.5 Å². The Morgan fingerprint density at radius 2 is 0.694 bits per heavy atom. The number of carbonyl (C=O) groups is 1. The number of ether oxygens (including phenoxy) is 1. The fourth-order valence-corrected chi connectivity index (χ4v) is 7.26. The second kappa shape index (κ2) is 33.3. The topological polar surface area (TPSA) is 66.8 Å². The number of carboxylic acids is 1. The molecule has 0 atom stereocenters. The Morgan fingerprint density at radius 1 is 0.435 bits per heavy atom. The molecule has 62 heavy (non-hydrogen) atoms. The fraction of sp³-hybridized carbons (Fsp3) is 0.534. The van der Waals surface area contributed by atoms with Crippen molar-refractivity contribution >= 4 is 5.97 Å². The Kier molecular flexibility index (Phi) is 29.9. The van der Waals surface area contributed by atoms with Gasteiger partial charge in [0, 0.05) is 5.56 Å². The first-order valence-corrected chi connectivity index (χ1v) is 23.7. The standard InChI is InChI=1S/C58H88O4/c1-44(2)22-13-23-45(3)24-14-25-46(4)26-15-27-47(5)28-16-29-48(6)30-17-31-49(7)32-18-33-50(8)34-19-35-51(9)36-20-37-52(10)38-21-39-53(11)40-41-54-42-55(58(60)61)43-56(62-12)57(54)59/h22,24,26,28,30,32,34,36,38,40,42-43,59H,13-21,23,25,27,29,31,33,35,37,39,41H2,1-12H3,(H,60,61)/b45-24+,46-26+,47-28+,48-30+,49-32+,50-34+,51-36+,52-38+,53-40+. The summed E-state index contributed by atoms with van der Waals surface area (Å²) in [4.78, 5) is 11.5. The van der Waals surface area contributed by atoms with Gasteiger partial charge in [0.2, 0.25) is 0 Å². The predicted molar refractivity (Wildman–Crippen MR) is 272 cm³/mol. The van der Waals surface area contributed by atoms with E-state index in [4.69, 9.17) is 4.74 Å². The van der Waals surface area contributed by atoms with Gasteiger partial charge >= 0.3 is 5.97 Å². The Morgan fingerprint density at radius 3 is 0.935 bits per heavy atom. The van der Waals surface area contributed by atoms with Crippen LogP contribution in [0.15, 0.2) is 129 Å². The lowest BCUT2D eigenvalue weighted by Gasteiger charge is -2.10. The van der Waals surface area contributed by atoms with Gasteiger partial charge in [-0.05, 0) is 210 Å². The second-order valence-electron chi connectivity index (χ2n) is 18.3. The van der Waals surface area contributed by atoms with Crippen molar-refractivity contribution < 1.29 is 19.7 Å². The molecule has 0 saturated heterocycles. The van der Waals surface area contributed by atoms with E-state index in [1.54, 1.807) is 0 Å². The number of aromatic carboxylic acids is 1. The van der Waals surface area contributed by atoms with Crippen LogP contribution in [0.5, 0.6) is 11.5 Å². The highest BCUT2D eigenvalue weighted by Crippen LogP contribution is 2.32. The van der Waals surface area contributed by atoms with Gasteiger partial charge in [-0.2, -0.15) is 0 Å². The highest BCUT2D eigenvalue weighted by atomic mass is 16.5. The van der Waals surface area contributed by atoms with Crippen LogP contribution in [0.1, 0.15) is 208 Å². The van der Waals surface area contributed by atoms with Gasteiger partial charge in [-0.3, -0.25) is 0 Å². The number of methoxy groups -OCH3 is 1. The summed E-state index contributed by atoms with van der Waals surface area (Å²) in [5.74, 6) is -0.854. The molecule has 4 heteroatoms. The molecule has 0 amide bonds. The van der Waals surface area contributed by atoms with Crippen LogP contribution in [0.2, 0.25) is 0 Å². The van der Waals surface area contributed by atoms with E-state index in [-0.39, 0.29) is 17.1 Å². The van der Waals surface area contributed by atoms with Gasteiger partial charge in [-0.25, -0.2) is 4.79 Å². The second-order valence-corrected chi connectivity index (χ2v) is 18.3. The Bertz CT molecular complexity index is 1820. The zero-order valence-corrected chi connectivity index (χ0v) is 41.6. The van der Waals surface area contributed by atoms with Crippen molar-refractivity contribution in [1.29, 1.82) is 0 Å². The smallest absolute Gasteiger partial charge is 0.335 e. The molecule has 0 heterocycles. The van der Waals surface area contributed by atoms with Crippen LogP contribution in [-0.4, -0.2) is 23.3 Å². The van der Waals surface area contributed by atoms with Crippen LogP contribution in [0, 0.1) is 0 Å². The molecule has 1 aromatic carbocycles.